The molecule has 0 bridgehead atoms. The van der Waals surface area contributed by atoms with Gasteiger partial charge in [0.25, 0.3) is 0 Å². The van der Waals surface area contributed by atoms with Crippen molar-refractivity contribution in [1.82, 2.24) is 9.78 Å². The number of hydrogen-bond donors (Lipinski definition) is 0. The van der Waals surface area contributed by atoms with Gasteiger partial charge >= 0.3 is 0 Å². The highest BCUT2D eigenvalue weighted by molar-refractivity contribution is 7.85. The van der Waals surface area contributed by atoms with Gasteiger partial charge < -0.3 is 0 Å². The van der Waals surface area contributed by atoms with Gasteiger partial charge in [0.15, 0.2) is 0 Å². The maximum atomic E-state index is 12.8. The summed E-state index contributed by atoms with van der Waals surface area (Å²) in [6.07, 6.45) is 3.88. The summed E-state index contributed by atoms with van der Waals surface area (Å²) in [5, 5.41) is 4.52. The smallest absolute Gasteiger partial charge is 0.0862 e. The normalized spacial score (nSPS) is 14.9. The second-order valence-corrected chi connectivity index (χ2v) is 7.85. The molecule has 4 aromatic rings. The summed E-state index contributed by atoms with van der Waals surface area (Å²) in [6, 6.07) is 22.3. The lowest BCUT2D eigenvalue weighted by Crippen LogP contribution is -1.96. The molecule has 5 rings (SSSR count). The largest absolute Gasteiger partial charge is 0.249 e. The zero-order chi connectivity index (χ0) is 17.7. The van der Waals surface area contributed by atoms with Crippen LogP contribution in [-0.2, 0) is 10.8 Å². The predicted octanol–water partition coefficient (Wildman–Crippen LogP) is 4.99. The number of aryl methyl sites for hydroxylation is 1. The van der Waals surface area contributed by atoms with Crippen molar-refractivity contribution in [2.45, 2.75) is 16.7 Å². The molecule has 0 spiro atoms. The van der Waals surface area contributed by atoms with Gasteiger partial charge in [0, 0.05) is 11.8 Å². The number of para-hydroxylation sites is 1. The average molecular weight is 356 g/mol. The topological polar surface area (TPSA) is 34.9 Å². The van der Waals surface area contributed by atoms with Crippen LogP contribution < -0.4 is 0 Å². The molecule has 2 heterocycles. The van der Waals surface area contributed by atoms with Crippen LogP contribution in [0.5, 0.6) is 0 Å². The SMILES string of the molecule is Cc1ccccc1-n1cc(-c2ccc3c(c2)S(=O)c2ccccc2-3)cn1. The second kappa shape index (κ2) is 5.78. The lowest BCUT2D eigenvalue weighted by molar-refractivity contribution is 0.685. The Kier molecular flexibility index (Phi) is 3.40. The van der Waals surface area contributed by atoms with E-state index in [0.717, 1.165) is 37.7 Å². The van der Waals surface area contributed by atoms with Crippen molar-refractivity contribution in [3.8, 4) is 27.9 Å². The van der Waals surface area contributed by atoms with Gasteiger partial charge in [-0.05, 0) is 47.4 Å². The van der Waals surface area contributed by atoms with Crippen LogP contribution in [0.4, 0.5) is 0 Å². The Bertz CT molecular complexity index is 1180. The number of benzene rings is 3. The van der Waals surface area contributed by atoms with Gasteiger partial charge in [0.05, 0.1) is 32.5 Å². The Morgan fingerprint density at radius 2 is 1.62 bits per heavy atom. The van der Waals surface area contributed by atoms with E-state index in [0.29, 0.717) is 0 Å². The number of nitrogens with zero attached hydrogens (tertiary/aromatic N) is 2. The lowest BCUT2D eigenvalue weighted by atomic mass is 10.0. The monoisotopic (exact) mass is 356 g/mol. The molecule has 0 aliphatic carbocycles. The fourth-order valence-corrected chi connectivity index (χ4v) is 4.90. The van der Waals surface area contributed by atoms with E-state index in [1.807, 2.05) is 59.5 Å². The highest BCUT2D eigenvalue weighted by Gasteiger charge is 2.25. The van der Waals surface area contributed by atoms with Gasteiger partial charge in [-0.3, -0.25) is 0 Å². The molecule has 1 unspecified atom stereocenters. The molecule has 0 N–H and O–H groups in total. The van der Waals surface area contributed by atoms with Crippen molar-refractivity contribution in [3.05, 3.63) is 84.7 Å². The third kappa shape index (κ3) is 2.26. The molecular weight excluding hydrogens is 340 g/mol. The summed E-state index contributed by atoms with van der Waals surface area (Å²) in [5.74, 6) is 0. The molecule has 0 radical (unpaired) electrons. The van der Waals surface area contributed by atoms with Gasteiger partial charge in [-0.1, -0.05) is 48.5 Å². The fraction of sp³-hybridized carbons (Fsp3) is 0.0455. The van der Waals surface area contributed by atoms with Gasteiger partial charge in [-0.25, -0.2) is 8.89 Å². The Labute approximate surface area is 154 Å². The zero-order valence-electron chi connectivity index (χ0n) is 14.2. The van der Waals surface area contributed by atoms with Crippen molar-refractivity contribution in [3.63, 3.8) is 0 Å². The van der Waals surface area contributed by atoms with E-state index in [2.05, 4.69) is 36.3 Å². The minimum Gasteiger partial charge on any atom is -0.249 e. The molecule has 0 amide bonds. The molecule has 0 fully saturated rings. The Morgan fingerprint density at radius 1 is 0.846 bits per heavy atom. The van der Waals surface area contributed by atoms with Crippen molar-refractivity contribution >= 4 is 10.8 Å². The summed E-state index contributed by atoms with van der Waals surface area (Å²) in [4.78, 5) is 1.78. The van der Waals surface area contributed by atoms with Crippen LogP contribution in [0.25, 0.3) is 27.9 Å². The summed E-state index contributed by atoms with van der Waals surface area (Å²) in [7, 11) is -1.12. The van der Waals surface area contributed by atoms with Gasteiger partial charge in [-0.2, -0.15) is 5.10 Å². The van der Waals surface area contributed by atoms with Crippen molar-refractivity contribution in [1.29, 1.82) is 0 Å². The average Bonchev–Trinajstić information content (AvgIpc) is 3.27. The van der Waals surface area contributed by atoms with Crippen molar-refractivity contribution in [2.75, 3.05) is 0 Å². The molecule has 3 aromatic carbocycles. The van der Waals surface area contributed by atoms with Crippen LogP contribution >= 0.6 is 0 Å². The van der Waals surface area contributed by atoms with E-state index in [1.54, 1.807) is 0 Å². The summed E-state index contributed by atoms with van der Waals surface area (Å²) < 4.78 is 14.7. The maximum Gasteiger partial charge on any atom is 0.0862 e. The van der Waals surface area contributed by atoms with Crippen LogP contribution in [0.2, 0.25) is 0 Å². The van der Waals surface area contributed by atoms with Crippen LogP contribution in [0.15, 0.2) is 88.9 Å². The molecule has 126 valence electrons. The molecule has 1 aliphatic heterocycles. The molecule has 1 atom stereocenters. The van der Waals surface area contributed by atoms with Crippen LogP contribution in [-0.4, -0.2) is 14.0 Å². The number of aromatic nitrogens is 2. The zero-order valence-corrected chi connectivity index (χ0v) is 15.0. The minimum absolute atomic E-state index is 0.882. The molecule has 1 aliphatic rings. The summed E-state index contributed by atoms with van der Waals surface area (Å²) >= 11 is 0. The number of fused-ring (bicyclic) bond motifs is 3. The first-order valence-electron chi connectivity index (χ1n) is 8.49. The van der Waals surface area contributed by atoms with E-state index >= 15 is 0 Å². The van der Waals surface area contributed by atoms with E-state index < -0.39 is 10.8 Å². The highest BCUT2D eigenvalue weighted by Crippen LogP contribution is 2.42. The molecule has 1 aromatic heterocycles. The highest BCUT2D eigenvalue weighted by atomic mass is 32.2. The van der Waals surface area contributed by atoms with E-state index in [9.17, 15) is 4.21 Å². The number of hydrogen-bond acceptors (Lipinski definition) is 2. The van der Waals surface area contributed by atoms with Gasteiger partial charge in [0.1, 0.15) is 0 Å². The molecule has 26 heavy (non-hydrogen) atoms. The standard InChI is InChI=1S/C22H16N2OS/c1-15-6-2-4-8-20(15)24-14-17(13-23-24)16-10-11-19-18-7-3-5-9-21(18)26(25)22(19)12-16/h2-14H,1H3. The third-order valence-corrected chi connectivity index (χ3v) is 6.33. The molecular formula is C22H16N2OS. The summed E-state index contributed by atoms with van der Waals surface area (Å²) in [6.45, 7) is 2.08. The molecule has 3 nitrogen and oxygen atoms in total. The third-order valence-electron chi connectivity index (χ3n) is 4.84. The first-order chi connectivity index (χ1) is 12.7. The van der Waals surface area contributed by atoms with Crippen LogP contribution in [0, 0.1) is 6.92 Å². The Morgan fingerprint density at radius 3 is 2.50 bits per heavy atom. The minimum atomic E-state index is -1.12. The predicted molar refractivity (Wildman–Crippen MR) is 104 cm³/mol. The molecule has 0 saturated carbocycles. The van der Waals surface area contributed by atoms with Gasteiger partial charge in [0.2, 0.25) is 0 Å². The van der Waals surface area contributed by atoms with Crippen LogP contribution in [0.3, 0.4) is 0 Å². The van der Waals surface area contributed by atoms with E-state index in [-0.39, 0.29) is 0 Å². The maximum absolute atomic E-state index is 12.8. The van der Waals surface area contributed by atoms with E-state index in [1.165, 1.54) is 5.56 Å². The lowest BCUT2D eigenvalue weighted by Gasteiger charge is -2.05. The first-order valence-corrected chi connectivity index (χ1v) is 9.63. The van der Waals surface area contributed by atoms with Crippen molar-refractivity contribution in [2.24, 2.45) is 0 Å². The van der Waals surface area contributed by atoms with Crippen molar-refractivity contribution < 1.29 is 4.21 Å². The Hall–Kier alpha value is -2.98. The van der Waals surface area contributed by atoms with Gasteiger partial charge in [-0.15, -0.1) is 0 Å². The quantitative estimate of drug-likeness (QED) is 0.446. The number of rotatable bonds is 2. The fourth-order valence-electron chi connectivity index (χ4n) is 3.47. The van der Waals surface area contributed by atoms with E-state index in [4.69, 9.17) is 0 Å². The molecule has 0 saturated heterocycles. The van der Waals surface area contributed by atoms with Crippen LogP contribution in [0.1, 0.15) is 5.56 Å². The first kappa shape index (κ1) is 15.3. The second-order valence-electron chi connectivity index (χ2n) is 6.44. The summed E-state index contributed by atoms with van der Waals surface area (Å²) in [5.41, 5.74) is 6.43. The Balaban J connectivity index is 1.58. The molecule has 4 heteroatoms.